The summed E-state index contributed by atoms with van der Waals surface area (Å²) < 4.78 is 19.2. The minimum atomic E-state index is -0.695. The van der Waals surface area contributed by atoms with Crippen molar-refractivity contribution in [2.45, 2.75) is 50.5 Å². The van der Waals surface area contributed by atoms with Crippen LogP contribution < -0.4 is 10.1 Å². The Morgan fingerprint density at radius 3 is 2.64 bits per heavy atom. The van der Waals surface area contributed by atoms with Crippen molar-refractivity contribution in [2.75, 3.05) is 20.2 Å². The molecule has 0 aliphatic carbocycles. The molecule has 1 aromatic heterocycles. The summed E-state index contributed by atoms with van der Waals surface area (Å²) in [7, 11) is 1.60. The molecule has 8 heteroatoms. The summed E-state index contributed by atoms with van der Waals surface area (Å²) in [4.78, 5) is 35.1. The average Bonchev–Trinajstić information content (AvgIpc) is 3.38. The third-order valence-corrected chi connectivity index (χ3v) is 6.87. The lowest BCUT2D eigenvalue weighted by Gasteiger charge is -2.51. The van der Waals surface area contributed by atoms with Gasteiger partial charge in [-0.15, -0.1) is 0 Å². The number of methoxy groups -OCH3 is 1. The number of rotatable bonds is 11. The SMILES string of the molecule is CCCC1(c2cccc(F)c2)CN(C(=O)[C@@H](Cc2ccc(OC)cc2)NC(=O)CCc2cnc[nH]2)C1. The van der Waals surface area contributed by atoms with Gasteiger partial charge in [0.25, 0.3) is 0 Å². The Labute approximate surface area is 211 Å². The quantitative estimate of drug-likeness (QED) is 0.426. The number of aromatic nitrogens is 2. The van der Waals surface area contributed by atoms with E-state index in [1.807, 2.05) is 30.3 Å². The second-order valence-electron chi connectivity index (χ2n) is 9.48. The van der Waals surface area contributed by atoms with Crippen molar-refractivity contribution in [1.29, 1.82) is 0 Å². The molecule has 0 unspecified atom stereocenters. The summed E-state index contributed by atoms with van der Waals surface area (Å²) in [5.41, 5.74) is 2.45. The van der Waals surface area contributed by atoms with Crippen LogP contribution in [0.5, 0.6) is 5.75 Å². The molecular weight excluding hydrogens is 459 g/mol. The first-order chi connectivity index (χ1) is 17.4. The van der Waals surface area contributed by atoms with Gasteiger partial charge in [0, 0.05) is 43.2 Å². The number of imidazole rings is 1. The van der Waals surface area contributed by atoms with E-state index in [-0.39, 0.29) is 29.5 Å². The molecule has 7 nitrogen and oxygen atoms in total. The molecule has 1 aliphatic rings. The molecule has 4 rings (SSSR count). The highest BCUT2D eigenvalue weighted by Crippen LogP contribution is 2.39. The maximum atomic E-state index is 14.0. The maximum Gasteiger partial charge on any atom is 0.245 e. The van der Waals surface area contributed by atoms with Crippen molar-refractivity contribution in [1.82, 2.24) is 20.2 Å². The largest absolute Gasteiger partial charge is 0.497 e. The standard InChI is InChI=1S/C28H33FN4O3/c1-3-13-28(21-5-4-6-22(29)15-21)17-33(18-28)27(35)25(14-20-7-10-24(36-2)11-8-20)32-26(34)12-9-23-16-30-19-31-23/h4-8,10-11,15-16,19,25H,3,9,12-14,17-18H2,1-2H3,(H,30,31)(H,32,34)/t25-/m1/s1. The zero-order valence-corrected chi connectivity index (χ0v) is 20.8. The van der Waals surface area contributed by atoms with Crippen LogP contribution in [0.1, 0.15) is 43.0 Å². The van der Waals surface area contributed by atoms with E-state index in [9.17, 15) is 14.0 Å². The molecule has 0 radical (unpaired) electrons. The van der Waals surface area contributed by atoms with E-state index in [0.717, 1.165) is 35.4 Å². The topological polar surface area (TPSA) is 87.3 Å². The summed E-state index contributed by atoms with van der Waals surface area (Å²) >= 11 is 0. The number of benzene rings is 2. The molecule has 1 atom stereocenters. The highest BCUT2D eigenvalue weighted by Gasteiger charge is 2.47. The number of likely N-dealkylation sites (tertiary alicyclic amines) is 1. The summed E-state index contributed by atoms with van der Waals surface area (Å²) in [6.07, 6.45) is 6.19. The number of carbonyl (C=O) groups excluding carboxylic acids is 2. The zero-order valence-electron chi connectivity index (χ0n) is 20.8. The second kappa shape index (κ2) is 11.4. The van der Waals surface area contributed by atoms with Gasteiger partial charge in [0.2, 0.25) is 11.8 Å². The van der Waals surface area contributed by atoms with E-state index >= 15 is 0 Å². The molecule has 36 heavy (non-hydrogen) atoms. The fourth-order valence-corrected chi connectivity index (χ4v) is 4.98. The van der Waals surface area contributed by atoms with E-state index < -0.39 is 6.04 Å². The predicted molar refractivity (Wildman–Crippen MR) is 135 cm³/mol. The number of carbonyl (C=O) groups is 2. The maximum absolute atomic E-state index is 14.0. The average molecular weight is 493 g/mol. The molecule has 3 aromatic rings. The van der Waals surface area contributed by atoms with Crippen LogP contribution in [0.25, 0.3) is 0 Å². The highest BCUT2D eigenvalue weighted by molar-refractivity contribution is 5.88. The lowest BCUT2D eigenvalue weighted by molar-refractivity contribution is -0.143. The minimum absolute atomic E-state index is 0.121. The molecule has 2 amide bonds. The molecular formula is C28H33FN4O3. The zero-order chi connectivity index (χ0) is 25.5. The predicted octanol–water partition coefficient (Wildman–Crippen LogP) is 3.80. The van der Waals surface area contributed by atoms with Gasteiger partial charge in [-0.1, -0.05) is 37.6 Å². The fraction of sp³-hybridized carbons (Fsp3) is 0.393. The Bertz CT molecular complexity index is 1160. The van der Waals surface area contributed by atoms with Crippen LogP contribution in [0.3, 0.4) is 0 Å². The van der Waals surface area contributed by atoms with Crippen LogP contribution in [-0.2, 0) is 27.8 Å². The number of aryl methyl sites for hydroxylation is 1. The van der Waals surface area contributed by atoms with Gasteiger partial charge in [0.05, 0.1) is 13.4 Å². The third kappa shape index (κ3) is 5.93. The van der Waals surface area contributed by atoms with Crippen LogP contribution in [-0.4, -0.2) is 52.9 Å². The Morgan fingerprint density at radius 1 is 1.22 bits per heavy atom. The molecule has 0 spiro atoms. The third-order valence-electron chi connectivity index (χ3n) is 6.87. The van der Waals surface area contributed by atoms with Crippen molar-refractivity contribution in [3.05, 3.63) is 83.7 Å². The van der Waals surface area contributed by atoms with Gasteiger partial charge in [0.15, 0.2) is 0 Å². The van der Waals surface area contributed by atoms with Gasteiger partial charge < -0.3 is 19.9 Å². The molecule has 190 valence electrons. The fourth-order valence-electron chi connectivity index (χ4n) is 4.98. The number of ether oxygens (including phenoxy) is 1. The van der Waals surface area contributed by atoms with Gasteiger partial charge in [-0.2, -0.15) is 0 Å². The smallest absolute Gasteiger partial charge is 0.245 e. The Kier molecular flexibility index (Phi) is 8.03. The van der Waals surface area contributed by atoms with Crippen molar-refractivity contribution in [3.8, 4) is 5.75 Å². The first-order valence-corrected chi connectivity index (χ1v) is 12.4. The Hall–Kier alpha value is -3.68. The molecule has 0 saturated carbocycles. The number of hydrogen-bond acceptors (Lipinski definition) is 4. The molecule has 2 aromatic carbocycles. The van der Waals surface area contributed by atoms with Crippen LogP contribution in [0.4, 0.5) is 4.39 Å². The second-order valence-corrected chi connectivity index (χ2v) is 9.48. The first-order valence-electron chi connectivity index (χ1n) is 12.4. The van der Waals surface area contributed by atoms with Crippen LogP contribution in [0.15, 0.2) is 61.1 Å². The first kappa shape index (κ1) is 25.4. The van der Waals surface area contributed by atoms with Gasteiger partial charge >= 0.3 is 0 Å². The number of halogens is 1. The summed E-state index contributed by atoms with van der Waals surface area (Å²) in [5.74, 6) is 0.146. The van der Waals surface area contributed by atoms with Crippen molar-refractivity contribution >= 4 is 11.8 Å². The summed E-state index contributed by atoms with van der Waals surface area (Å²) in [6.45, 7) is 3.11. The lowest BCUT2D eigenvalue weighted by Crippen LogP contribution is -2.64. The van der Waals surface area contributed by atoms with Crippen molar-refractivity contribution in [3.63, 3.8) is 0 Å². The van der Waals surface area contributed by atoms with Crippen molar-refractivity contribution < 1.29 is 18.7 Å². The van der Waals surface area contributed by atoms with Gasteiger partial charge in [-0.05, 0) is 48.2 Å². The number of nitrogens with one attached hydrogen (secondary N) is 2. The summed E-state index contributed by atoms with van der Waals surface area (Å²) in [6, 6.07) is 13.5. The van der Waals surface area contributed by atoms with E-state index in [2.05, 4.69) is 22.2 Å². The van der Waals surface area contributed by atoms with Crippen LogP contribution in [0.2, 0.25) is 0 Å². The van der Waals surface area contributed by atoms with E-state index in [1.165, 1.54) is 6.07 Å². The van der Waals surface area contributed by atoms with Gasteiger partial charge in [-0.3, -0.25) is 9.59 Å². The number of aromatic amines is 1. The summed E-state index contributed by atoms with van der Waals surface area (Å²) in [5, 5.41) is 2.96. The van der Waals surface area contributed by atoms with Gasteiger partial charge in [-0.25, -0.2) is 9.37 Å². The highest BCUT2D eigenvalue weighted by atomic mass is 19.1. The molecule has 0 bridgehead atoms. The van der Waals surface area contributed by atoms with E-state index in [4.69, 9.17) is 4.74 Å². The van der Waals surface area contributed by atoms with Crippen LogP contribution in [0, 0.1) is 5.82 Å². The Morgan fingerprint density at radius 2 is 2.00 bits per heavy atom. The van der Waals surface area contributed by atoms with Crippen LogP contribution >= 0.6 is 0 Å². The monoisotopic (exact) mass is 492 g/mol. The molecule has 1 saturated heterocycles. The van der Waals surface area contributed by atoms with E-state index in [1.54, 1.807) is 36.7 Å². The lowest BCUT2D eigenvalue weighted by atomic mass is 9.70. The number of amides is 2. The molecule has 2 N–H and O–H groups in total. The van der Waals surface area contributed by atoms with Gasteiger partial charge in [0.1, 0.15) is 17.6 Å². The number of H-pyrrole nitrogens is 1. The number of nitrogens with zero attached hydrogens (tertiary/aromatic N) is 2. The normalized spacial score (nSPS) is 15.1. The molecule has 2 heterocycles. The molecule has 1 fully saturated rings. The van der Waals surface area contributed by atoms with E-state index in [0.29, 0.717) is 25.9 Å². The van der Waals surface area contributed by atoms with Crippen molar-refractivity contribution in [2.24, 2.45) is 0 Å². The number of hydrogen-bond donors (Lipinski definition) is 2. The minimum Gasteiger partial charge on any atom is -0.497 e. The molecule has 1 aliphatic heterocycles. The Balaban J connectivity index is 1.47.